The molecule has 0 aromatic carbocycles. The number of nitrogens with one attached hydrogen (secondary N) is 2. The molecule has 0 aliphatic heterocycles. The third-order valence-electron chi connectivity index (χ3n) is 3.27. The van der Waals surface area contributed by atoms with E-state index in [1.165, 1.54) is 11.3 Å². The lowest BCUT2D eigenvalue weighted by molar-refractivity contribution is 0.102. The average Bonchev–Trinajstić information content (AvgIpc) is 3.27. The number of hydrogen-bond donors (Lipinski definition) is 2. The van der Waals surface area contributed by atoms with Gasteiger partial charge in [0.2, 0.25) is 0 Å². The number of carbonyl (C=O) groups is 1. The van der Waals surface area contributed by atoms with Gasteiger partial charge in [-0.15, -0.1) is 0 Å². The Morgan fingerprint density at radius 1 is 1.27 bits per heavy atom. The normalized spacial score (nSPS) is 10.9. The van der Waals surface area contributed by atoms with Crippen LogP contribution >= 0.6 is 11.3 Å². The molecule has 0 fully saturated rings. The highest BCUT2D eigenvalue weighted by Crippen LogP contribution is 2.18. The standard InChI is InChI=1S/C15H11N5OS/c21-15(18-11-3-4-22-8-11)13-7-20-6-10(1-2-14(20)19-13)12-5-16-9-17-12/h1-9H,(H,16,17)(H,18,21). The molecule has 0 aliphatic rings. The summed E-state index contributed by atoms with van der Waals surface area (Å²) in [5.74, 6) is -0.217. The molecule has 0 saturated carbocycles. The highest BCUT2D eigenvalue weighted by atomic mass is 32.1. The highest BCUT2D eigenvalue weighted by molar-refractivity contribution is 7.08. The molecule has 7 heteroatoms. The Morgan fingerprint density at radius 3 is 3.00 bits per heavy atom. The van der Waals surface area contributed by atoms with E-state index in [9.17, 15) is 4.79 Å². The van der Waals surface area contributed by atoms with Gasteiger partial charge in [-0.25, -0.2) is 9.97 Å². The number of aromatic amines is 1. The second-order valence-electron chi connectivity index (χ2n) is 4.74. The van der Waals surface area contributed by atoms with Crippen LogP contribution < -0.4 is 5.32 Å². The molecule has 4 aromatic heterocycles. The monoisotopic (exact) mass is 309 g/mol. The minimum Gasteiger partial charge on any atom is -0.345 e. The number of imidazole rings is 2. The Bertz CT molecular complexity index is 924. The van der Waals surface area contributed by atoms with E-state index in [0.717, 1.165) is 22.6 Å². The second kappa shape index (κ2) is 5.12. The number of amides is 1. The van der Waals surface area contributed by atoms with E-state index in [4.69, 9.17) is 0 Å². The van der Waals surface area contributed by atoms with Crippen molar-refractivity contribution in [3.8, 4) is 11.3 Å². The van der Waals surface area contributed by atoms with Crippen molar-refractivity contribution in [2.45, 2.75) is 0 Å². The summed E-state index contributed by atoms with van der Waals surface area (Å²) in [4.78, 5) is 23.6. The van der Waals surface area contributed by atoms with E-state index in [-0.39, 0.29) is 5.91 Å². The largest absolute Gasteiger partial charge is 0.345 e. The number of hydrogen-bond acceptors (Lipinski definition) is 4. The molecule has 1 amide bonds. The van der Waals surface area contributed by atoms with Gasteiger partial charge in [0.1, 0.15) is 11.3 Å². The number of pyridine rings is 1. The predicted octanol–water partition coefficient (Wildman–Crippen LogP) is 3.04. The Morgan fingerprint density at radius 2 is 2.23 bits per heavy atom. The molecule has 108 valence electrons. The zero-order valence-electron chi connectivity index (χ0n) is 11.4. The summed E-state index contributed by atoms with van der Waals surface area (Å²) in [7, 11) is 0. The van der Waals surface area contributed by atoms with Crippen molar-refractivity contribution < 1.29 is 4.79 Å². The van der Waals surface area contributed by atoms with Gasteiger partial charge in [-0.05, 0) is 23.6 Å². The molecule has 4 heterocycles. The van der Waals surface area contributed by atoms with E-state index in [1.54, 1.807) is 18.7 Å². The molecule has 6 nitrogen and oxygen atoms in total. The maximum absolute atomic E-state index is 12.2. The van der Waals surface area contributed by atoms with Crippen LogP contribution in [0, 0.1) is 0 Å². The van der Waals surface area contributed by atoms with Crippen molar-refractivity contribution in [2.24, 2.45) is 0 Å². The Labute approximate surface area is 129 Å². The van der Waals surface area contributed by atoms with Gasteiger partial charge in [0.05, 0.1) is 23.9 Å². The van der Waals surface area contributed by atoms with E-state index in [1.807, 2.05) is 39.6 Å². The van der Waals surface area contributed by atoms with Crippen LogP contribution in [-0.4, -0.2) is 25.3 Å². The SMILES string of the molecule is O=C(Nc1ccsc1)c1cn2cc(-c3cnc[nH]3)ccc2n1. The van der Waals surface area contributed by atoms with Gasteiger partial charge in [0, 0.05) is 23.3 Å². The number of thiophene rings is 1. The molecule has 4 rings (SSSR count). The molecule has 0 aliphatic carbocycles. The fraction of sp³-hybridized carbons (Fsp3) is 0. The number of nitrogens with zero attached hydrogens (tertiary/aromatic N) is 3. The minimum absolute atomic E-state index is 0.217. The third-order valence-corrected chi connectivity index (χ3v) is 3.96. The lowest BCUT2D eigenvalue weighted by Crippen LogP contribution is -2.11. The lowest BCUT2D eigenvalue weighted by atomic mass is 10.2. The maximum atomic E-state index is 12.2. The molecule has 0 bridgehead atoms. The van der Waals surface area contributed by atoms with Gasteiger partial charge in [0.15, 0.2) is 0 Å². The van der Waals surface area contributed by atoms with Crippen LogP contribution in [0.1, 0.15) is 10.5 Å². The van der Waals surface area contributed by atoms with Gasteiger partial charge in [-0.3, -0.25) is 4.79 Å². The zero-order valence-corrected chi connectivity index (χ0v) is 12.2. The fourth-order valence-corrected chi connectivity index (χ4v) is 2.79. The van der Waals surface area contributed by atoms with E-state index in [0.29, 0.717) is 5.69 Å². The molecule has 0 saturated heterocycles. The number of aromatic nitrogens is 4. The van der Waals surface area contributed by atoms with Crippen LogP contribution in [0.15, 0.2) is 53.9 Å². The molecule has 2 N–H and O–H groups in total. The topological polar surface area (TPSA) is 75.1 Å². The number of rotatable bonds is 3. The Kier molecular flexibility index (Phi) is 2.97. The smallest absolute Gasteiger partial charge is 0.275 e. The van der Waals surface area contributed by atoms with Crippen molar-refractivity contribution >= 4 is 28.6 Å². The molecule has 4 aromatic rings. The van der Waals surface area contributed by atoms with Crippen LogP contribution in [0.3, 0.4) is 0 Å². The molecule has 0 atom stereocenters. The van der Waals surface area contributed by atoms with Crippen LogP contribution in [0.4, 0.5) is 5.69 Å². The maximum Gasteiger partial charge on any atom is 0.275 e. The zero-order chi connectivity index (χ0) is 14.9. The van der Waals surface area contributed by atoms with Crippen molar-refractivity contribution in [1.82, 2.24) is 19.4 Å². The highest BCUT2D eigenvalue weighted by Gasteiger charge is 2.12. The Balaban J connectivity index is 1.67. The summed E-state index contributed by atoms with van der Waals surface area (Å²) in [6.45, 7) is 0. The average molecular weight is 309 g/mol. The summed E-state index contributed by atoms with van der Waals surface area (Å²) in [5.41, 5.74) is 3.78. The first kappa shape index (κ1) is 12.8. The van der Waals surface area contributed by atoms with E-state index in [2.05, 4.69) is 20.3 Å². The van der Waals surface area contributed by atoms with Gasteiger partial charge < -0.3 is 14.7 Å². The van der Waals surface area contributed by atoms with Crippen LogP contribution in [0.2, 0.25) is 0 Å². The van der Waals surface area contributed by atoms with Crippen LogP contribution in [0.25, 0.3) is 16.9 Å². The van der Waals surface area contributed by atoms with Crippen molar-refractivity contribution in [3.63, 3.8) is 0 Å². The van der Waals surface area contributed by atoms with Crippen molar-refractivity contribution in [3.05, 3.63) is 59.6 Å². The van der Waals surface area contributed by atoms with Gasteiger partial charge >= 0.3 is 0 Å². The van der Waals surface area contributed by atoms with Crippen molar-refractivity contribution in [2.75, 3.05) is 5.32 Å². The van der Waals surface area contributed by atoms with E-state index < -0.39 is 0 Å². The summed E-state index contributed by atoms with van der Waals surface area (Å²) in [5, 5.41) is 6.61. The molecule has 22 heavy (non-hydrogen) atoms. The molecular weight excluding hydrogens is 298 g/mol. The van der Waals surface area contributed by atoms with Gasteiger partial charge in [-0.1, -0.05) is 0 Å². The number of fused-ring (bicyclic) bond motifs is 1. The minimum atomic E-state index is -0.217. The molecule has 0 unspecified atom stereocenters. The number of H-pyrrole nitrogens is 1. The molecular formula is C15H11N5OS. The molecule has 0 radical (unpaired) electrons. The van der Waals surface area contributed by atoms with Crippen molar-refractivity contribution in [1.29, 1.82) is 0 Å². The summed E-state index contributed by atoms with van der Waals surface area (Å²) in [6.07, 6.45) is 7.02. The predicted molar refractivity (Wildman–Crippen MR) is 85.0 cm³/mol. The summed E-state index contributed by atoms with van der Waals surface area (Å²) < 4.78 is 1.83. The third kappa shape index (κ3) is 2.27. The lowest BCUT2D eigenvalue weighted by Gasteiger charge is -1.98. The number of anilines is 1. The Hall–Kier alpha value is -2.93. The first-order valence-corrected chi connectivity index (χ1v) is 7.55. The summed E-state index contributed by atoms with van der Waals surface area (Å²) >= 11 is 1.53. The first-order chi connectivity index (χ1) is 10.8. The van der Waals surface area contributed by atoms with Gasteiger partial charge in [0.25, 0.3) is 5.91 Å². The summed E-state index contributed by atoms with van der Waals surface area (Å²) in [6, 6.07) is 5.67. The van der Waals surface area contributed by atoms with Crippen LogP contribution in [-0.2, 0) is 0 Å². The quantitative estimate of drug-likeness (QED) is 0.611. The molecule has 0 spiro atoms. The first-order valence-electron chi connectivity index (χ1n) is 6.61. The second-order valence-corrected chi connectivity index (χ2v) is 5.52. The fourth-order valence-electron chi connectivity index (χ4n) is 2.21. The van der Waals surface area contributed by atoms with E-state index >= 15 is 0 Å². The van der Waals surface area contributed by atoms with Gasteiger partial charge in [-0.2, -0.15) is 11.3 Å². The van der Waals surface area contributed by atoms with Crippen LogP contribution in [0.5, 0.6) is 0 Å². The number of carbonyl (C=O) groups excluding carboxylic acids is 1.